The van der Waals surface area contributed by atoms with E-state index in [0.29, 0.717) is 19.3 Å². The largest absolute Gasteiger partial charge is 0.393 e. The molecule has 0 aliphatic heterocycles. The van der Waals surface area contributed by atoms with Crippen LogP contribution in [0.15, 0.2) is 0 Å². The van der Waals surface area contributed by atoms with E-state index in [0.717, 1.165) is 0 Å². The molecule has 1 fully saturated rings. The van der Waals surface area contributed by atoms with Gasteiger partial charge in [-0.3, -0.25) is 0 Å². The number of rotatable bonds is 3. The van der Waals surface area contributed by atoms with Crippen LogP contribution < -0.4 is 5.73 Å². The topological polar surface area (TPSA) is 80.4 Å². The molecule has 1 aliphatic carbocycles. The van der Waals surface area contributed by atoms with E-state index in [1.54, 1.807) is 0 Å². The lowest BCUT2D eigenvalue weighted by Gasteiger charge is -2.42. The van der Waals surface area contributed by atoms with E-state index in [1.165, 1.54) is 6.26 Å². The van der Waals surface area contributed by atoms with Crippen molar-refractivity contribution in [2.75, 3.05) is 12.0 Å². The Bertz CT molecular complexity index is 254. The third-order valence-corrected chi connectivity index (χ3v) is 3.20. The maximum atomic E-state index is 10.8. The highest BCUT2D eigenvalue weighted by atomic mass is 32.2. The number of aliphatic hydroxyl groups excluding tert-OH is 1. The average Bonchev–Trinajstić information content (AvgIpc) is 1.79. The summed E-state index contributed by atoms with van der Waals surface area (Å²) < 4.78 is 21.6. The molecule has 5 heteroatoms. The van der Waals surface area contributed by atoms with E-state index in [-0.39, 0.29) is 11.9 Å². The molecule has 0 spiro atoms. The third-order valence-electron chi connectivity index (χ3n) is 2.26. The van der Waals surface area contributed by atoms with E-state index < -0.39 is 15.4 Å². The zero-order valence-electron chi connectivity index (χ0n) is 7.16. The monoisotopic (exact) mass is 193 g/mol. The summed E-state index contributed by atoms with van der Waals surface area (Å²) in [6.45, 7) is 0. The Balaban J connectivity index is 2.34. The van der Waals surface area contributed by atoms with Crippen LogP contribution in [0.2, 0.25) is 0 Å². The van der Waals surface area contributed by atoms with E-state index in [9.17, 15) is 8.42 Å². The van der Waals surface area contributed by atoms with Crippen molar-refractivity contribution in [1.82, 2.24) is 0 Å². The predicted octanol–water partition coefficient (Wildman–Crippen LogP) is -0.727. The summed E-state index contributed by atoms with van der Waals surface area (Å²) in [6.07, 6.45) is 2.40. The molecule has 0 aromatic rings. The van der Waals surface area contributed by atoms with Crippen molar-refractivity contribution in [3.05, 3.63) is 0 Å². The second-order valence-corrected chi connectivity index (χ2v) is 6.06. The Morgan fingerprint density at radius 3 is 2.42 bits per heavy atom. The van der Waals surface area contributed by atoms with Gasteiger partial charge < -0.3 is 10.8 Å². The maximum Gasteiger partial charge on any atom is 0.147 e. The Hall–Kier alpha value is -0.130. The van der Waals surface area contributed by atoms with E-state index >= 15 is 0 Å². The molecule has 0 aromatic carbocycles. The summed E-state index contributed by atoms with van der Waals surface area (Å²) in [4.78, 5) is 0. The number of aliphatic hydroxyl groups is 1. The molecule has 0 amide bonds. The summed E-state index contributed by atoms with van der Waals surface area (Å²) >= 11 is 0. The fraction of sp³-hybridized carbons (Fsp3) is 1.00. The molecular weight excluding hydrogens is 178 g/mol. The second-order valence-electron chi connectivity index (χ2n) is 3.80. The van der Waals surface area contributed by atoms with Crippen molar-refractivity contribution >= 4 is 9.84 Å². The van der Waals surface area contributed by atoms with Crippen molar-refractivity contribution in [2.45, 2.75) is 30.9 Å². The Morgan fingerprint density at radius 2 is 2.08 bits per heavy atom. The zero-order chi connectivity index (χ0) is 9.41. The van der Waals surface area contributed by atoms with Gasteiger partial charge in [-0.2, -0.15) is 0 Å². The van der Waals surface area contributed by atoms with Gasteiger partial charge in [0.1, 0.15) is 9.84 Å². The molecule has 1 aliphatic rings. The zero-order valence-corrected chi connectivity index (χ0v) is 7.97. The number of sulfone groups is 1. The second kappa shape index (κ2) is 2.97. The lowest BCUT2D eigenvalue weighted by Crippen LogP contribution is -2.55. The van der Waals surface area contributed by atoms with Gasteiger partial charge in [0.2, 0.25) is 0 Å². The molecule has 12 heavy (non-hydrogen) atoms. The van der Waals surface area contributed by atoms with E-state index in [1.807, 2.05) is 0 Å². The molecule has 0 aromatic heterocycles. The lowest BCUT2D eigenvalue weighted by atomic mass is 9.73. The first kappa shape index (κ1) is 9.95. The van der Waals surface area contributed by atoms with Crippen molar-refractivity contribution in [3.8, 4) is 0 Å². The molecule has 0 unspecified atom stereocenters. The molecule has 0 saturated heterocycles. The van der Waals surface area contributed by atoms with Crippen LogP contribution in [0, 0.1) is 0 Å². The first-order chi connectivity index (χ1) is 5.31. The Labute approximate surface area is 72.7 Å². The van der Waals surface area contributed by atoms with Crippen LogP contribution in [0.5, 0.6) is 0 Å². The minimum absolute atomic E-state index is 0.121. The summed E-state index contributed by atoms with van der Waals surface area (Å²) in [6, 6.07) is 0. The van der Waals surface area contributed by atoms with E-state index in [2.05, 4.69) is 0 Å². The van der Waals surface area contributed by atoms with Gasteiger partial charge in [0.05, 0.1) is 11.9 Å². The van der Waals surface area contributed by atoms with Crippen LogP contribution >= 0.6 is 0 Å². The summed E-state index contributed by atoms with van der Waals surface area (Å²) in [5.41, 5.74) is 5.35. The van der Waals surface area contributed by atoms with Crippen LogP contribution in [0.4, 0.5) is 0 Å². The van der Waals surface area contributed by atoms with Gasteiger partial charge in [-0.1, -0.05) is 0 Å². The Morgan fingerprint density at radius 1 is 1.58 bits per heavy atom. The van der Waals surface area contributed by atoms with Crippen molar-refractivity contribution < 1.29 is 13.5 Å². The molecular formula is C7H15NO3S. The molecule has 0 atom stereocenters. The van der Waals surface area contributed by atoms with Gasteiger partial charge in [0.25, 0.3) is 0 Å². The smallest absolute Gasteiger partial charge is 0.147 e. The average molecular weight is 193 g/mol. The fourth-order valence-corrected chi connectivity index (χ4v) is 2.25. The number of hydrogen-bond acceptors (Lipinski definition) is 4. The first-order valence-corrected chi connectivity index (χ1v) is 6.01. The molecule has 72 valence electrons. The molecule has 1 saturated carbocycles. The van der Waals surface area contributed by atoms with Crippen molar-refractivity contribution in [2.24, 2.45) is 5.73 Å². The van der Waals surface area contributed by atoms with Gasteiger partial charge in [0, 0.05) is 11.8 Å². The normalized spacial score (nSPS) is 36.1. The quantitative estimate of drug-likeness (QED) is 0.619. The predicted molar refractivity (Wildman–Crippen MR) is 46.5 cm³/mol. The van der Waals surface area contributed by atoms with Crippen molar-refractivity contribution in [1.29, 1.82) is 0 Å². The fourth-order valence-electron chi connectivity index (χ4n) is 1.47. The standard InChI is InChI=1S/C7H15NO3S/c1-12(10,11)3-2-7(8)4-6(9)5-7/h6,9H,2-5,8H2,1H3. The molecule has 0 heterocycles. The molecule has 0 bridgehead atoms. The van der Waals surface area contributed by atoms with Gasteiger partial charge in [-0.15, -0.1) is 0 Å². The highest BCUT2D eigenvalue weighted by molar-refractivity contribution is 7.90. The van der Waals surface area contributed by atoms with Crippen LogP contribution in [-0.4, -0.2) is 37.2 Å². The highest BCUT2D eigenvalue weighted by Gasteiger charge is 2.39. The summed E-state index contributed by atoms with van der Waals surface area (Å²) in [5.74, 6) is 0.121. The van der Waals surface area contributed by atoms with Crippen LogP contribution in [0.1, 0.15) is 19.3 Å². The number of nitrogens with two attached hydrogens (primary N) is 1. The Kier molecular flexibility index (Phi) is 2.47. The molecule has 3 N–H and O–H groups in total. The summed E-state index contributed by atoms with van der Waals surface area (Å²) in [5, 5.41) is 8.98. The van der Waals surface area contributed by atoms with Gasteiger partial charge in [0.15, 0.2) is 0 Å². The van der Waals surface area contributed by atoms with Gasteiger partial charge in [-0.05, 0) is 19.3 Å². The number of hydrogen-bond donors (Lipinski definition) is 2. The van der Waals surface area contributed by atoms with E-state index in [4.69, 9.17) is 10.8 Å². The maximum absolute atomic E-state index is 10.8. The van der Waals surface area contributed by atoms with Gasteiger partial charge in [-0.25, -0.2) is 8.42 Å². The molecule has 1 rings (SSSR count). The lowest BCUT2D eigenvalue weighted by molar-refractivity contribution is 0.0215. The van der Waals surface area contributed by atoms with Crippen LogP contribution in [0.25, 0.3) is 0 Å². The third kappa shape index (κ3) is 2.73. The first-order valence-electron chi connectivity index (χ1n) is 3.95. The SMILES string of the molecule is CS(=O)(=O)CCC1(N)CC(O)C1. The van der Waals surface area contributed by atoms with Crippen LogP contribution in [0.3, 0.4) is 0 Å². The summed E-state index contributed by atoms with van der Waals surface area (Å²) in [7, 11) is -2.91. The highest BCUT2D eigenvalue weighted by Crippen LogP contribution is 2.32. The van der Waals surface area contributed by atoms with Crippen molar-refractivity contribution in [3.63, 3.8) is 0 Å². The van der Waals surface area contributed by atoms with Gasteiger partial charge >= 0.3 is 0 Å². The molecule has 0 radical (unpaired) electrons. The minimum atomic E-state index is -2.91. The molecule has 4 nitrogen and oxygen atoms in total. The van der Waals surface area contributed by atoms with Crippen LogP contribution in [-0.2, 0) is 9.84 Å². The minimum Gasteiger partial charge on any atom is -0.393 e.